The number of hydrogen-bond acceptors (Lipinski definition) is 1. The molecule has 1 saturated carbocycles. The Bertz CT molecular complexity index is 190. The highest BCUT2D eigenvalue weighted by Crippen LogP contribution is 2.33. The van der Waals surface area contributed by atoms with E-state index in [-0.39, 0.29) is 0 Å². The van der Waals surface area contributed by atoms with Crippen LogP contribution in [-0.4, -0.2) is 6.04 Å². The van der Waals surface area contributed by atoms with Crippen molar-refractivity contribution in [2.45, 2.75) is 96.9 Å². The molecule has 0 heterocycles. The fourth-order valence-electron chi connectivity index (χ4n) is 3.39. The first-order valence-electron chi connectivity index (χ1n) is 8.49. The molecule has 1 rings (SSSR count). The van der Waals surface area contributed by atoms with Gasteiger partial charge in [-0.3, -0.25) is 0 Å². The van der Waals surface area contributed by atoms with Crippen LogP contribution in [0.15, 0.2) is 0 Å². The van der Waals surface area contributed by atoms with Crippen molar-refractivity contribution in [2.75, 3.05) is 0 Å². The Morgan fingerprint density at radius 2 is 1.56 bits per heavy atom. The second-order valence-electron chi connectivity index (χ2n) is 6.61. The van der Waals surface area contributed by atoms with Crippen LogP contribution >= 0.6 is 0 Å². The minimum absolute atomic E-state index is 0.495. The maximum Gasteiger partial charge on any atom is 0.00672 e. The van der Waals surface area contributed by atoms with Crippen molar-refractivity contribution in [3.63, 3.8) is 0 Å². The maximum absolute atomic E-state index is 6.32. The lowest BCUT2D eigenvalue weighted by atomic mass is 9.93. The molecule has 0 aromatic rings. The van der Waals surface area contributed by atoms with Crippen LogP contribution in [0.2, 0.25) is 0 Å². The van der Waals surface area contributed by atoms with Crippen molar-refractivity contribution < 1.29 is 0 Å². The third-order valence-corrected chi connectivity index (χ3v) is 4.73. The number of hydrogen-bond donors (Lipinski definition) is 1. The summed E-state index contributed by atoms with van der Waals surface area (Å²) in [4.78, 5) is 0. The highest BCUT2D eigenvalue weighted by Gasteiger charge is 2.25. The van der Waals surface area contributed by atoms with Crippen molar-refractivity contribution >= 4 is 0 Å². The van der Waals surface area contributed by atoms with E-state index in [2.05, 4.69) is 13.8 Å². The van der Waals surface area contributed by atoms with E-state index in [9.17, 15) is 0 Å². The molecule has 1 aliphatic rings. The monoisotopic (exact) mass is 253 g/mol. The molecule has 0 spiro atoms. The number of rotatable bonds is 10. The third kappa shape index (κ3) is 6.78. The second kappa shape index (κ2) is 9.83. The van der Waals surface area contributed by atoms with Crippen molar-refractivity contribution in [2.24, 2.45) is 17.6 Å². The standard InChI is InChI=1S/C17H35N/c1-3-4-5-6-7-8-9-10-11-17(18)16-13-12-15(2)14-16/h15-17H,3-14,18H2,1-2H3. The minimum atomic E-state index is 0.495. The molecule has 0 aliphatic heterocycles. The topological polar surface area (TPSA) is 26.0 Å². The smallest absolute Gasteiger partial charge is 0.00672 e. The molecule has 3 atom stereocenters. The summed E-state index contributed by atoms with van der Waals surface area (Å²) in [5.41, 5.74) is 6.32. The van der Waals surface area contributed by atoms with E-state index in [4.69, 9.17) is 5.73 Å². The van der Waals surface area contributed by atoms with Gasteiger partial charge in [0.1, 0.15) is 0 Å². The van der Waals surface area contributed by atoms with Crippen LogP contribution in [0.25, 0.3) is 0 Å². The predicted molar refractivity (Wildman–Crippen MR) is 81.7 cm³/mol. The molecule has 0 saturated heterocycles. The van der Waals surface area contributed by atoms with Gasteiger partial charge in [-0.15, -0.1) is 0 Å². The molecule has 18 heavy (non-hydrogen) atoms. The first-order chi connectivity index (χ1) is 8.74. The van der Waals surface area contributed by atoms with Gasteiger partial charge in [-0.1, -0.05) is 71.6 Å². The van der Waals surface area contributed by atoms with Crippen molar-refractivity contribution in [3.8, 4) is 0 Å². The third-order valence-electron chi connectivity index (χ3n) is 4.73. The van der Waals surface area contributed by atoms with E-state index in [1.54, 1.807) is 0 Å². The molecule has 1 aliphatic carbocycles. The normalized spacial score (nSPS) is 25.5. The predicted octanol–water partition coefficient (Wildman–Crippen LogP) is 5.28. The van der Waals surface area contributed by atoms with E-state index in [0.717, 1.165) is 11.8 Å². The summed E-state index contributed by atoms with van der Waals surface area (Å²) in [6.45, 7) is 4.66. The van der Waals surface area contributed by atoms with Crippen LogP contribution in [0.5, 0.6) is 0 Å². The Hall–Kier alpha value is -0.0400. The zero-order chi connectivity index (χ0) is 13.2. The second-order valence-corrected chi connectivity index (χ2v) is 6.61. The SMILES string of the molecule is CCCCCCCCCCC(N)C1CCC(C)C1. The van der Waals surface area contributed by atoms with E-state index in [1.165, 1.54) is 77.0 Å². The summed E-state index contributed by atoms with van der Waals surface area (Å²) in [7, 11) is 0. The average molecular weight is 253 g/mol. The zero-order valence-electron chi connectivity index (χ0n) is 12.8. The van der Waals surface area contributed by atoms with Gasteiger partial charge in [-0.2, -0.15) is 0 Å². The van der Waals surface area contributed by atoms with Gasteiger partial charge in [0, 0.05) is 6.04 Å². The molecule has 0 aromatic heterocycles. The largest absolute Gasteiger partial charge is 0.327 e. The zero-order valence-corrected chi connectivity index (χ0v) is 12.8. The summed E-state index contributed by atoms with van der Waals surface area (Å²) in [6, 6.07) is 0.495. The van der Waals surface area contributed by atoms with Crippen molar-refractivity contribution in [1.29, 1.82) is 0 Å². The van der Waals surface area contributed by atoms with Crippen LogP contribution in [0.3, 0.4) is 0 Å². The fourth-order valence-corrected chi connectivity index (χ4v) is 3.39. The Balaban J connectivity index is 1.88. The quantitative estimate of drug-likeness (QED) is 0.527. The van der Waals surface area contributed by atoms with Crippen molar-refractivity contribution in [3.05, 3.63) is 0 Å². The lowest BCUT2D eigenvalue weighted by Gasteiger charge is -2.18. The molecule has 1 fully saturated rings. The summed E-state index contributed by atoms with van der Waals surface area (Å²) in [5, 5.41) is 0. The molecule has 1 nitrogen and oxygen atoms in total. The number of nitrogens with two attached hydrogens (primary N) is 1. The van der Waals surface area contributed by atoms with Crippen LogP contribution in [0.4, 0.5) is 0 Å². The lowest BCUT2D eigenvalue weighted by molar-refractivity contribution is 0.384. The van der Waals surface area contributed by atoms with E-state index in [1.807, 2.05) is 0 Å². The molecule has 1 heteroatoms. The Morgan fingerprint density at radius 3 is 2.11 bits per heavy atom. The van der Waals surface area contributed by atoms with Gasteiger partial charge in [0.25, 0.3) is 0 Å². The average Bonchev–Trinajstić information content (AvgIpc) is 2.79. The molecule has 0 radical (unpaired) electrons. The number of unbranched alkanes of at least 4 members (excludes halogenated alkanes) is 7. The highest BCUT2D eigenvalue weighted by molar-refractivity contribution is 4.80. The Labute approximate surface area is 115 Å². The van der Waals surface area contributed by atoms with Crippen LogP contribution in [0.1, 0.15) is 90.9 Å². The van der Waals surface area contributed by atoms with E-state index < -0.39 is 0 Å². The van der Waals surface area contributed by atoms with Crippen LogP contribution in [-0.2, 0) is 0 Å². The minimum Gasteiger partial charge on any atom is -0.327 e. The first-order valence-corrected chi connectivity index (χ1v) is 8.49. The molecular weight excluding hydrogens is 218 g/mol. The molecule has 0 bridgehead atoms. The van der Waals surface area contributed by atoms with Gasteiger partial charge < -0.3 is 5.73 Å². The molecule has 0 amide bonds. The van der Waals surface area contributed by atoms with Gasteiger partial charge >= 0.3 is 0 Å². The Morgan fingerprint density at radius 1 is 0.944 bits per heavy atom. The molecule has 108 valence electrons. The van der Waals surface area contributed by atoms with Crippen molar-refractivity contribution in [1.82, 2.24) is 0 Å². The highest BCUT2D eigenvalue weighted by atomic mass is 14.7. The lowest BCUT2D eigenvalue weighted by Crippen LogP contribution is -2.28. The summed E-state index contributed by atoms with van der Waals surface area (Å²) in [6.07, 6.45) is 16.8. The van der Waals surface area contributed by atoms with Gasteiger partial charge in [-0.25, -0.2) is 0 Å². The maximum atomic E-state index is 6.32. The van der Waals surface area contributed by atoms with Gasteiger partial charge in [0.05, 0.1) is 0 Å². The van der Waals surface area contributed by atoms with E-state index in [0.29, 0.717) is 6.04 Å². The summed E-state index contributed by atoms with van der Waals surface area (Å²) < 4.78 is 0. The van der Waals surface area contributed by atoms with Crippen LogP contribution in [0, 0.1) is 11.8 Å². The van der Waals surface area contributed by atoms with E-state index >= 15 is 0 Å². The molecule has 0 aromatic carbocycles. The van der Waals surface area contributed by atoms with Crippen LogP contribution < -0.4 is 5.73 Å². The van der Waals surface area contributed by atoms with Gasteiger partial charge in [0.2, 0.25) is 0 Å². The fraction of sp³-hybridized carbons (Fsp3) is 1.00. The summed E-state index contributed by atoms with van der Waals surface area (Å²) in [5.74, 6) is 1.77. The van der Waals surface area contributed by atoms with Gasteiger partial charge in [0.15, 0.2) is 0 Å². The molecule has 3 unspecified atom stereocenters. The van der Waals surface area contributed by atoms with Gasteiger partial charge in [-0.05, 0) is 31.1 Å². The summed E-state index contributed by atoms with van der Waals surface area (Å²) >= 11 is 0. The molecular formula is C17H35N. The first kappa shape index (κ1) is 16.0. The molecule has 2 N–H and O–H groups in total. The Kier molecular flexibility index (Phi) is 8.75.